The van der Waals surface area contributed by atoms with Gasteiger partial charge in [-0.15, -0.1) is 0 Å². The van der Waals surface area contributed by atoms with Crippen molar-refractivity contribution in [1.82, 2.24) is 5.32 Å². The summed E-state index contributed by atoms with van der Waals surface area (Å²) in [6.07, 6.45) is -0.378. The standard InChI is InChI=1S/C17H20FNO2/c1-13(20)10-19-11-15-4-2-3-5-17(15)21-12-14-6-8-16(18)9-7-14/h2-9,13,19-20H,10-12H2,1H3/t13-/m0/s1. The number of nitrogens with one attached hydrogen (secondary N) is 1. The number of halogens is 1. The topological polar surface area (TPSA) is 41.5 Å². The fourth-order valence-corrected chi connectivity index (χ4v) is 1.95. The van der Waals surface area contributed by atoms with E-state index in [2.05, 4.69) is 5.32 Å². The summed E-state index contributed by atoms with van der Waals surface area (Å²) in [4.78, 5) is 0. The Morgan fingerprint density at radius 3 is 2.57 bits per heavy atom. The number of ether oxygens (including phenoxy) is 1. The van der Waals surface area contributed by atoms with Crippen molar-refractivity contribution < 1.29 is 14.2 Å². The molecule has 0 bridgehead atoms. The average Bonchev–Trinajstić information content (AvgIpc) is 2.47. The maximum Gasteiger partial charge on any atom is 0.124 e. The van der Waals surface area contributed by atoms with E-state index in [1.165, 1.54) is 12.1 Å². The molecule has 4 heteroatoms. The molecule has 0 aromatic heterocycles. The summed E-state index contributed by atoms with van der Waals surface area (Å²) >= 11 is 0. The van der Waals surface area contributed by atoms with Crippen molar-refractivity contribution in [2.24, 2.45) is 0 Å². The lowest BCUT2D eigenvalue weighted by Gasteiger charge is -2.13. The lowest BCUT2D eigenvalue weighted by molar-refractivity contribution is 0.190. The molecule has 1 atom stereocenters. The Bertz CT molecular complexity index is 555. The minimum Gasteiger partial charge on any atom is -0.489 e. The maximum absolute atomic E-state index is 12.8. The molecular weight excluding hydrogens is 269 g/mol. The number of para-hydroxylation sites is 1. The van der Waals surface area contributed by atoms with Crippen LogP contribution in [0.5, 0.6) is 5.75 Å². The van der Waals surface area contributed by atoms with Crippen LogP contribution in [0.15, 0.2) is 48.5 Å². The molecule has 0 aliphatic heterocycles. The lowest BCUT2D eigenvalue weighted by Crippen LogP contribution is -2.24. The van der Waals surface area contributed by atoms with Crippen LogP contribution in [0.3, 0.4) is 0 Å². The van der Waals surface area contributed by atoms with E-state index in [4.69, 9.17) is 4.74 Å². The molecule has 0 aliphatic carbocycles. The second-order valence-electron chi connectivity index (χ2n) is 5.00. The monoisotopic (exact) mass is 289 g/mol. The summed E-state index contributed by atoms with van der Waals surface area (Å²) in [6, 6.07) is 14.0. The second-order valence-corrected chi connectivity index (χ2v) is 5.00. The molecular formula is C17H20FNO2. The summed E-state index contributed by atoms with van der Waals surface area (Å²) < 4.78 is 18.6. The van der Waals surface area contributed by atoms with Crippen LogP contribution in [0.4, 0.5) is 4.39 Å². The maximum atomic E-state index is 12.8. The third-order valence-electron chi connectivity index (χ3n) is 3.04. The average molecular weight is 289 g/mol. The molecule has 0 saturated carbocycles. The van der Waals surface area contributed by atoms with Crippen molar-refractivity contribution >= 4 is 0 Å². The molecule has 0 saturated heterocycles. The van der Waals surface area contributed by atoms with Crippen LogP contribution in [0, 0.1) is 5.82 Å². The predicted octanol–water partition coefficient (Wildman–Crippen LogP) is 2.88. The van der Waals surface area contributed by atoms with Crippen LogP contribution in [0.25, 0.3) is 0 Å². The van der Waals surface area contributed by atoms with E-state index < -0.39 is 0 Å². The van der Waals surface area contributed by atoms with Crippen LogP contribution >= 0.6 is 0 Å². The van der Waals surface area contributed by atoms with E-state index in [-0.39, 0.29) is 11.9 Å². The summed E-state index contributed by atoms with van der Waals surface area (Å²) in [5.74, 6) is 0.543. The van der Waals surface area contributed by atoms with Gasteiger partial charge in [-0.05, 0) is 30.7 Å². The van der Waals surface area contributed by atoms with Gasteiger partial charge in [-0.1, -0.05) is 30.3 Å². The molecule has 2 aromatic carbocycles. The van der Waals surface area contributed by atoms with Gasteiger partial charge in [0.15, 0.2) is 0 Å². The van der Waals surface area contributed by atoms with Crippen LogP contribution in [0.1, 0.15) is 18.1 Å². The lowest BCUT2D eigenvalue weighted by atomic mass is 10.2. The van der Waals surface area contributed by atoms with Gasteiger partial charge in [0.05, 0.1) is 6.10 Å². The van der Waals surface area contributed by atoms with Gasteiger partial charge >= 0.3 is 0 Å². The summed E-state index contributed by atoms with van der Waals surface area (Å²) in [7, 11) is 0. The normalized spacial score (nSPS) is 12.1. The first-order chi connectivity index (χ1) is 10.1. The van der Waals surface area contributed by atoms with Crippen molar-refractivity contribution in [3.8, 4) is 5.75 Å². The van der Waals surface area contributed by atoms with Crippen molar-refractivity contribution in [1.29, 1.82) is 0 Å². The van der Waals surface area contributed by atoms with Crippen LogP contribution < -0.4 is 10.1 Å². The van der Waals surface area contributed by atoms with Crippen molar-refractivity contribution in [2.75, 3.05) is 6.54 Å². The van der Waals surface area contributed by atoms with E-state index in [1.807, 2.05) is 24.3 Å². The third-order valence-corrected chi connectivity index (χ3v) is 3.04. The van der Waals surface area contributed by atoms with Gasteiger partial charge in [-0.25, -0.2) is 4.39 Å². The fraction of sp³-hybridized carbons (Fsp3) is 0.294. The highest BCUT2D eigenvalue weighted by atomic mass is 19.1. The van der Waals surface area contributed by atoms with E-state index >= 15 is 0 Å². The fourth-order valence-electron chi connectivity index (χ4n) is 1.95. The molecule has 0 amide bonds. The van der Waals surface area contributed by atoms with Gasteiger partial charge in [0.1, 0.15) is 18.2 Å². The largest absolute Gasteiger partial charge is 0.489 e. The highest BCUT2D eigenvalue weighted by Gasteiger charge is 2.04. The Balaban J connectivity index is 1.94. The SMILES string of the molecule is C[C@H](O)CNCc1ccccc1OCc1ccc(F)cc1. The minimum atomic E-state index is -0.378. The summed E-state index contributed by atoms with van der Waals surface area (Å²) in [6.45, 7) is 3.30. The van der Waals surface area contributed by atoms with E-state index in [0.29, 0.717) is 19.7 Å². The Morgan fingerprint density at radius 2 is 1.86 bits per heavy atom. The first-order valence-electron chi connectivity index (χ1n) is 6.99. The smallest absolute Gasteiger partial charge is 0.124 e. The Kier molecular flexibility index (Phi) is 5.72. The highest BCUT2D eigenvalue weighted by molar-refractivity contribution is 5.33. The molecule has 21 heavy (non-hydrogen) atoms. The van der Waals surface area contributed by atoms with E-state index in [0.717, 1.165) is 16.9 Å². The number of aliphatic hydroxyl groups excluding tert-OH is 1. The molecule has 0 radical (unpaired) electrons. The second kappa shape index (κ2) is 7.76. The molecule has 2 aromatic rings. The highest BCUT2D eigenvalue weighted by Crippen LogP contribution is 2.19. The molecule has 2 N–H and O–H groups in total. The van der Waals surface area contributed by atoms with Crippen LogP contribution in [-0.4, -0.2) is 17.8 Å². The van der Waals surface area contributed by atoms with Gasteiger partial charge < -0.3 is 15.2 Å². The molecule has 0 heterocycles. The number of rotatable bonds is 7. The van der Waals surface area contributed by atoms with Crippen molar-refractivity contribution in [3.63, 3.8) is 0 Å². The molecule has 2 rings (SSSR count). The molecule has 112 valence electrons. The molecule has 3 nitrogen and oxygen atoms in total. The zero-order chi connectivity index (χ0) is 15.1. The van der Waals surface area contributed by atoms with Crippen molar-refractivity contribution in [2.45, 2.75) is 26.2 Å². The van der Waals surface area contributed by atoms with Gasteiger partial charge in [0, 0.05) is 18.7 Å². The van der Waals surface area contributed by atoms with E-state index in [9.17, 15) is 9.50 Å². The van der Waals surface area contributed by atoms with Gasteiger partial charge in [-0.2, -0.15) is 0 Å². The first kappa shape index (κ1) is 15.5. The molecule has 0 fully saturated rings. The van der Waals surface area contributed by atoms with Gasteiger partial charge in [0.25, 0.3) is 0 Å². The van der Waals surface area contributed by atoms with Gasteiger partial charge in [0.2, 0.25) is 0 Å². The van der Waals surface area contributed by atoms with E-state index in [1.54, 1.807) is 19.1 Å². The predicted molar refractivity (Wildman–Crippen MR) is 80.6 cm³/mol. The zero-order valence-electron chi connectivity index (χ0n) is 12.1. The molecule has 0 spiro atoms. The Morgan fingerprint density at radius 1 is 1.14 bits per heavy atom. The van der Waals surface area contributed by atoms with Crippen LogP contribution in [0.2, 0.25) is 0 Å². The third kappa shape index (κ3) is 5.17. The Hall–Kier alpha value is -1.91. The van der Waals surface area contributed by atoms with Gasteiger partial charge in [-0.3, -0.25) is 0 Å². The van der Waals surface area contributed by atoms with Crippen LogP contribution in [-0.2, 0) is 13.2 Å². The summed E-state index contributed by atoms with van der Waals surface area (Å²) in [5, 5.41) is 12.4. The quantitative estimate of drug-likeness (QED) is 0.823. The number of benzene rings is 2. The number of hydrogen-bond acceptors (Lipinski definition) is 3. The number of hydrogen-bond donors (Lipinski definition) is 2. The molecule has 0 unspecified atom stereocenters. The van der Waals surface area contributed by atoms with Crippen molar-refractivity contribution in [3.05, 3.63) is 65.5 Å². The number of aliphatic hydroxyl groups is 1. The summed E-state index contributed by atoms with van der Waals surface area (Å²) in [5.41, 5.74) is 1.95. The Labute approximate surface area is 124 Å². The minimum absolute atomic E-state index is 0.249. The molecule has 0 aliphatic rings. The first-order valence-corrected chi connectivity index (χ1v) is 6.99. The zero-order valence-corrected chi connectivity index (χ0v) is 12.1.